The molecule has 0 aliphatic carbocycles. The lowest BCUT2D eigenvalue weighted by molar-refractivity contribution is 0.0518. The van der Waals surface area contributed by atoms with Crippen LogP contribution >= 0.6 is 0 Å². The monoisotopic (exact) mass is 278 g/mol. The first kappa shape index (κ1) is 16.9. The van der Waals surface area contributed by atoms with Crippen molar-refractivity contribution in [2.75, 3.05) is 14.1 Å². The van der Waals surface area contributed by atoms with Crippen molar-refractivity contribution in [1.29, 1.82) is 0 Å². The van der Waals surface area contributed by atoms with E-state index in [9.17, 15) is 13.2 Å². The van der Waals surface area contributed by atoms with Gasteiger partial charge in [-0.2, -0.15) is 0 Å². The number of rotatable bonds is 4. The lowest BCUT2D eigenvalue weighted by atomic mass is 10.2. The summed E-state index contributed by atoms with van der Waals surface area (Å²) in [5.41, 5.74) is -0.580. The van der Waals surface area contributed by atoms with E-state index in [2.05, 4.69) is 5.32 Å². The number of carbonyl (C=O) groups excluding carboxylic acids is 1. The van der Waals surface area contributed by atoms with E-state index in [0.717, 1.165) is 9.71 Å². The van der Waals surface area contributed by atoms with Crippen LogP contribution in [0.3, 0.4) is 0 Å². The third kappa shape index (κ3) is 7.29. The van der Waals surface area contributed by atoms with Gasteiger partial charge in [0.1, 0.15) is 5.60 Å². The van der Waals surface area contributed by atoms with Crippen molar-refractivity contribution >= 4 is 16.1 Å². The Labute approximate surface area is 109 Å². The quantitative estimate of drug-likeness (QED) is 0.841. The number of sulfonamides is 1. The van der Waals surface area contributed by atoms with Crippen LogP contribution < -0.4 is 5.32 Å². The van der Waals surface area contributed by atoms with Crippen LogP contribution in [-0.4, -0.2) is 44.6 Å². The minimum absolute atomic E-state index is 0.436. The molecule has 0 aliphatic rings. The molecule has 1 N–H and O–H groups in total. The summed E-state index contributed by atoms with van der Waals surface area (Å²) in [6.07, 6.45) is 0.807. The highest BCUT2D eigenvalue weighted by atomic mass is 32.2. The van der Waals surface area contributed by atoms with Gasteiger partial charge in [-0.05, 0) is 33.8 Å². The molecule has 0 saturated heterocycles. The Morgan fingerprint density at radius 2 is 1.83 bits per heavy atom. The van der Waals surface area contributed by atoms with E-state index in [0.29, 0.717) is 0 Å². The normalized spacial score (nSPS) is 14.8. The first-order chi connectivity index (χ1) is 7.94. The largest absolute Gasteiger partial charge is 0.444 e. The second kappa shape index (κ2) is 6.19. The van der Waals surface area contributed by atoms with Gasteiger partial charge in [-0.15, -0.1) is 0 Å². The fourth-order valence-corrected chi connectivity index (χ4v) is 1.56. The molecule has 0 saturated carbocycles. The number of alkyl carbamates (subject to hydrolysis) is 1. The highest BCUT2D eigenvalue weighted by molar-refractivity contribution is 7.92. The Morgan fingerprint density at radius 1 is 1.33 bits per heavy atom. The summed E-state index contributed by atoms with van der Waals surface area (Å²) >= 11 is 0. The third-order valence-electron chi connectivity index (χ3n) is 1.79. The van der Waals surface area contributed by atoms with Gasteiger partial charge in [-0.3, -0.25) is 0 Å². The summed E-state index contributed by atoms with van der Waals surface area (Å²) in [5, 5.41) is 3.57. The molecule has 1 atom stereocenters. The Bertz CT molecular complexity index is 407. The van der Waals surface area contributed by atoms with Gasteiger partial charge in [0.05, 0.1) is 0 Å². The summed E-state index contributed by atoms with van der Waals surface area (Å²) < 4.78 is 29.0. The predicted molar refractivity (Wildman–Crippen MR) is 70.6 cm³/mol. The zero-order chi connectivity index (χ0) is 14.6. The Morgan fingerprint density at radius 3 is 2.22 bits per heavy atom. The van der Waals surface area contributed by atoms with Crippen molar-refractivity contribution in [1.82, 2.24) is 9.62 Å². The van der Waals surface area contributed by atoms with Crippen LogP contribution in [0.5, 0.6) is 0 Å². The van der Waals surface area contributed by atoms with Gasteiger partial charge in [-0.25, -0.2) is 17.5 Å². The average molecular weight is 278 g/mol. The van der Waals surface area contributed by atoms with E-state index in [4.69, 9.17) is 4.74 Å². The van der Waals surface area contributed by atoms with Gasteiger partial charge in [0.2, 0.25) is 10.0 Å². The number of hydrogen-bond donors (Lipinski definition) is 1. The van der Waals surface area contributed by atoms with Crippen molar-refractivity contribution in [2.24, 2.45) is 0 Å². The van der Waals surface area contributed by atoms with Crippen molar-refractivity contribution in [3.63, 3.8) is 0 Å². The van der Waals surface area contributed by atoms with E-state index in [1.54, 1.807) is 27.7 Å². The predicted octanol–water partition coefficient (Wildman–Crippen LogP) is 1.30. The summed E-state index contributed by atoms with van der Waals surface area (Å²) in [5.74, 6) is 0. The lowest BCUT2D eigenvalue weighted by Crippen LogP contribution is -2.37. The molecule has 7 heteroatoms. The minimum atomic E-state index is -3.40. The number of nitrogens with one attached hydrogen (secondary N) is 1. The van der Waals surface area contributed by atoms with E-state index in [1.807, 2.05) is 0 Å². The fourth-order valence-electron chi connectivity index (χ4n) is 0.880. The molecule has 6 nitrogen and oxygen atoms in total. The second-order valence-electron chi connectivity index (χ2n) is 5.09. The molecular weight excluding hydrogens is 256 g/mol. The number of ether oxygens (including phenoxy) is 1. The summed E-state index contributed by atoms with van der Waals surface area (Å²) in [7, 11) is -0.531. The van der Waals surface area contributed by atoms with E-state index in [1.165, 1.54) is 20.2 Å². The Hall–Kier alpha value is -1.08. The van der Waals surface area contributed by atoms with Crippen LogP contribution in [0.15, 0.2) is 11.5 Å². The minimum Gasteiger partial charge on any atom is -0.444 e. The van der Waals surface area contributed by atoms with Crippen LogP contribution in [0.4, 0.5) is 4.79 Å². The maximum Gasteiger partial charge on any atom is 0.408 e. The SMILES string of the molecule is C[C@@H](/C=C/S(=O)(=O)N(C)C)NC(=O)OC(C)(C)C. The molecule has 0 spiro atoms. The van der Waals surface area contributed by atoms with Crippen molar-refractivity contribution in [2.45, 2.75) is 39.3 Å². The number of hydrogen-bond acceptors (Lipinski definition) is 4. The first-order valence-electron chi connectivity index (χ1n) is 5.54. The molecule has 0 aromatic rings. The highest BCUT2D eigenvalue weighted by Crippen LogP contribution is 2.07. The number of carbonyl (C=O) groups is 1. The molecule has 0 radical (unpaired) electrons. The molecule has 0 aromatic heterocycles. The third-order valence-corrected chi connectivity index (χ3v) is 3.31. The Kier molecular flexibility index (Phi) is 5.82. The van der Waals surface area contributed by atoms with Crippen LogP contribution in [0.1, 0.15) is 27.7 Å². The summed E-state index contributed by atoms with van der Waals surface area (Å²) in [6.45, 7) is 6.92. The highest BCUT2D eigenvalue weighted by Gasteiger charge is 2.17. The van der Waals surface area contributed by atoms with Gasteiger partial charge < -0.3 is 10.1 Å². The van der Waals surface area contributed by atoms with E-state index < -0.39 is 27.8 Å². The van der Waals surface area contributed by atoms with Gasteiger partial charge >= 0.3 is 6.09 Å². The van der Waals surface area contributed by atoms with Gasteiger partial charge in [-0.1, -0.05) is 0 Å². The zero-order valence-corrected chi connectivity index (χ0v) is 12.5. The summed E-state index contributed by atoms with van der Waals surface area (Å²) in [6, 6.07) is -0.436. The molecule has 0 heterocycles. The Balaban J connectivity index is 4.41. The average Bonchev–Trinajstić information content (AvgIpc) is 2.11. The molecule has 0 aromatic carbocycles. The molecule has 106 valence electrons. The van der Waals surface area contributed by atoms with Gasteiger partial charge in [0.25, 0.3) is 0 Å². The number of nitrogens with zero attached hydrogens (tertiary/aromatic N) is 1. The lowest BCUT2D eigenvalue weighted by Gasteiger charge is -2.21. The maximum absolute atomic E-state index is 11.4. The molecular formula is C11H22N2O4S. The topological polar surface area (TPSA) is 75.7 Å². The molecule has 0 fully saturated rings. The van der Waals surface area contributed by atoms with Crippen LogP contribution in [0, 0.1) is 0 Å². The molecule has 0 bridgehead atoms. The van der Waals surface area contributed by atoms with Gasteiger partial charge in [0, 0.05) is 25.5 Å². The second-order valence-corrected chi connectivity index (χ2v) is 7.12. The first-order valence-corrected chi connectivity index (χ1v) is 7.04. The zero-order valence-electron chi connectivity index (χ0n) is 11.7. The number of amides is 1. The standard InChI is InChI=1S/C11H22N2O4S/c1-9(7-8-18(15,16)13(5)6)12-10(14)17-11(2,3)4/h7-9H,1-6H3,(H,12,14)/b8-7+/t9-/m0/s1. The van der Waals surface area contributed by atoms with Crippen LogP contribution in [0.2, 0.25) is 0 Å². The van der Waals surface area contributed by atoms with Crippen molar-refractivity contribution in [3.05, 3.63) is 11.5 Å². The van der Waals surface area contributed by atoms with Crippen LogP contribution in [-0.2, 0) is 14.8 Å². The molecule has 18 heavy (non-hydrogen) atoms. The van der Waals surface area contributed by atoms with Crippen molar-refractivity contribution < 1.29 is 17.9 Å². The van der Waals surface area contributed by atoms with E-state index >= 15 is 0 Å². The maximum atomic E-state index is 11.4. The molecule has 1 amide bonds. The van der Waals surface area contributed by atoms with E-state index in [-0.39, 0.29) is 0 Å². The molecule has 0 unspecified atom stereocenters. The van der Waals surface area contributed by atoms with Gasteiger partial charge in [0.15, 0.2) is 0 Å². The smallest absolute Gasteiger partial charge is 0.408 e. The van der Waals surface area contributed by atoms with Crippen molar-refractivity contribution in [3.8, 4) is 0 Å². The fraction of sp³-hybridized carbons (Fsp3) is 0.727. The molecule has 0 rings (SSSR count). The summed E-state index contributed by atoms with van der Waals surface area (Å²) in [4.78, 5) is 11.4. The molecule has 0 aliphatic heterocycles. The van der Waals surface area contributed by atoms with Crippen LogP contribution in [0.25, 0.3) is 0 Å².